The number of aliphatic hydroxyl groups excluding tert-OH is 2. The molecule has 0 aromatic heterocycles. The molecule has 0 bridgehead atoms. The third-order valence-corrected chi connectivity index (χ3v) is 7.36. The SMILES string of the molecule is C[C@H](NC(=O)CNC(=O)[C@H](Cc1ccc(O)cc1)NC(=O)[C@H](CO)NC(=O)[C@H](CC(=O)O)NC(=O)[C@@H](N)CO)C(=O)N1CCC[C@H]1C(=O)O. The molecule has 0 aliphatic carbocycles. The van der Waals surface area contributed by atoms with Crippen molar-refractivity contribution in [1.29, 1.82) is 0 Å². The summed E-state index contributed by atoms with van der Waals surface area (Å²) in [4.78, 5) is 100. The molecule has 6 amide bonds. The van der Waals surface area contributed by atoms with Crippen molar-refractivity contribution in [1.82, 2.24) is 31.5 Å². The molecule has 0 unspecified atom stereocenters. The van der Waals surface area contributed by atoms with Crippen LogP contribution in [0, 0.1) is 0 Å². The molecule has 270 valence electrons. The molecule has 6 atom stereocenters. The highest BCUT2D eigenvalue weighted by molar-refractivity contribution is 5.97. The molecule has 1 aromatic carbocycles. The molecule has 2 rings (SSSR count). The van der Waals surface area contributed by atoms with Gasteiger partial charge in [-0.05, 0) is 37.5 Å². The number of carboxylic acids is 2. The number of amides is 6. The zero-order chi connectivity index (χ0) is 36.8. The summed E-state index contributed by atoms with van der Waals surface area (Å²) in [6, 6.07) is -3.12. The van der Waals surface area contributed by atoms with E-state index < -0.39 is 110 Å². The second kappa shape index (κ2) is 18.9. The van der Waals surface area contributed by atoms with Gasteiger partial charge in [-0.15, -0.1) is 0 Å². The predicted molar refractivity (Wildman–Crippen MR) is 165 cm³/mol. The van der Waals surface area contributed by atoms with Gasteiger partial charge in [0, 0.05) is 13.0 Å². The van der Waals surface area contributed by atoms with Gasteiger partial charge >= 0.3 is 11.9 Å². The number of nitrogens with one attached hydrogen (secondary N) is 5. The first-order chi connectivity index (χ1) is 23.1. The van der Waals surface area contributed by atoms with E-state index in [4.69, 9.17) is 15.9 Å². The first kappa shape index (κ1) is 39.8. The van der Waals surface area contributed by atoms with Crippen LogP contribution in [0.5, 0.6) is 5.75 Å². The van der Waals surface area contributed by atoms with Crippen molar-refractivity contribution in [2.75, 3.05) is 26.3 Å². The summed E-state index contributed by atoms with van der Waals surface area (Å²) in [5.41, 5.74) is 5.81. The average Bonchev–Trinajstić information content (AvgIpc) is 3.55. The first-order valence-electron chi connectivity index (χ1n) is 15.1. The third kappa shape index (κ3) is 12.3. The minimum atomic E-state index is -1.77. The van der Waals surface area contributed by atoms with Crippen LogP contribution in [0.2, 0.25) is 0 Å². The van der Waals surface area contributed by atoms with E-state index in [1.54, 1.807) is 0 Å². The van der Waals surface area contributed by atoms with Crippen LogP contribution in [0.25, 0.3) is 0 Å². The molecule has 0 spiro atoms. The number of benzene rings is 1. The van der Waals surface area contributed by atoms with E-state index in [1.165, 1.54) is 31.2 Å². The summed E-state index contributed by atoms with van der Waals surface area (Å²) < 4.78 is 0. The van der Waals surface area contributed by atoms with E-state index >= 15 is 0 Å². The highest BCUT2D eigenvalue weighted by Crippen LogP contribution is 2.18. The standard InChI is InChI=1S/C29H41N7O13/c1-14(28(47)36-8-2-3-21(36)29(48)49)32-22(40)11-31-25(44)18(9-15-4-6-16(39)7-5-15)34-27(46)20(13-38)35-26(45)19(10-23(41)42)33-24(43)17(30)12-37/h4-7,14,17-21,37-39H,2-3,8-13,30H2,1H3,(H,31,44)(H,32,40)(H,33,43)(H,34,46)(H,35,45)(H,41,42)(H,48,49)/t14-,17-,18-,19-,20-,21-/m0/s1. The number of likely N-dealkylation sites (tertiary alicyclic amines) is 1. The van der Waals surface area contributed by atoms with Crippen LogP contribution in [-0.4, -0.2) is 140 Å². The number of aliphatic hydroxyl groups is 2. The largest absolute Gasteiger partial charge is 0.508 e. The Morgan fingerprint density at radius 3 is 2.00 bits per heavy atom. The molecule has 1 heterocycles. The Morgan fingerprint density at radius 2 is 1.43 bits per heavy atom. The molecule has 1 fully saturated rings. The summed E-state index contributed by atoms with van der Waals surface area (Å²) in [5, 5.41) is 58.1. The molecule has 1 saturated heterocycles. The van der Waals surface area contributed by atoms with Crippen LogP contribution in [0.3, 0.4) is 0 Å². The van der Waals surface area contributed by atoms with E-state index in [9.17, 15) is 53.7 Å². The fraction of sp³-hybridized carbons (Fsp3) is 0.517. The fourth-order valence-electron chi connectivity index (χ4n) is 4.74. The summed E-state index contributed by atoms with van der Waals surface area (Å²) in [6.07, 6.45) is -0.423. The number of nitrogens with zero attached hydrogens (tertiary/aromatic N) is 1. The summed E-state index contributed by atoms with van der Waals surface area (Å²) >= 11 is 0. The Bertz CT molecular complexity index is 1390. The van der Waals surface area contributed by atoms with E-state index in [0.29, 0.717) is 12.0 Å². The van der Waals surface area contributed by atoms with Gasteiger partial charge in [0.1, 0.15) is 42.0 Å². The van der Waals surface area contributed by atoms with E-state index in [0.717, 1.165) is 4.90 Å². The second-order valence-corrected chi connectivity index (χ2v) is 11.2. The number of carbonyl (C=O) groups is 8. The maximum atomic E-state index is 13.2. The van der Waals surface area contributed by atoms with E-state index in [-0.39, 0.29) is 25.1 Å². The topological polar surface area (TPSA) is 327 Å². The third-order valence-electron chi connectivity index (χ3n) is 7.36. The van der Waals surface area contributed by atoms with Gasteiger partial charge in [-0.25, -0.2) is 4.79 Å². The summed E-state index contributed by atoms with van der Waals surface area (Å²) in [7, 11) is 0. The van der Waals surface area contributed by atoms with Gasteiger partial charge in [0.25, 0.3) is 0 Å². The second-order valence-electron chi connectivity index (χ2n) is 11.2. The summed E-state index contributed by atoms with van der Waals surface area (Å²) in [6.45, 7) is -0.974. The van der Waals surface area contributed by atoms with Gasteiger partial charge in [0.05, 0.1) is 26.2 Å². The number of phenolic OH excluding ortho intramolecular Hbond substituents is 1. The zero-order valence-corrected chi connectivity index (χ0v) is 26.5. The molecule has 1 aromatic rings. The minimum absolute atomic E-state index is 0.0938. The van der Waals surface area contributed by atoms with Gasteiger partial charge in [0.15, 0.2) is 0 Å². The van der Waals surface area contributed by atoms with Crippen LogP contribution < -0.4 is 32.3 Å². The van der Waals surface area contributed by atoms with Crippen molar-refractivity contribution in [2.45, 2.75) is 68.9 Å². The van der Waals surface area contributed by atoms with Crippen LogP contribution in [0.15, 0.2) is 24.3 Å². The number of nitrogens with two attached hydrogens (primary N) is 1. The number of aromatic hydroxyl groups is 1. The monoisotopic (exact) mass is 695 g/mol. The minimum Gasteiger partial charge on any atom is -0.508 e. The molecule has 0 saturated carbocycles. The number of aliphatic carboxylic acids is 2. The predicted octanol–water partition coefficient (Wildman–Crippen LogP) is -5.13. The number of hydrogen-bond donors (Lipinski definition) is 11. The van der Waals surface area contributed by atoms with Crippen molar-refractivity contribution >= 4 is 47.4 Å². The molecule has 49 heavy (non-hydrogen) atoms. The number of carbonyl (C=O) groups excluding carboxylic acids is 6. The van der Waals surface area contributed by atoms with Crippen LogP contribution in [0.4, 0.5) is 0 Å². The Morgan fingerprint density at radius 1 is 0.837 bits per heavy atom. The zero-order valence-electron chi connectivity index (χ0n) is 26.5. The molecule has 20 heteroatoms. The fourth-order valence-corrected chi connectivity index (χ4v) is 4.74. The average molecular weight is 696 g/mol. The van der Waals surface area contributed by atoms with Crippen molar-refractivity contribution in [3.8, 4) is 5.75 Å². The Kier molecular flexibility index (Phi) is 15.3. The Hall–Kier alpha value is -5.34. The lowest BCUT2D eigenvalue weighted by atomic mass is 10.0. The lowest BCUT2D eigenvalue weighted by Crippen LogP contribution is -2.59. The molecule has 1 aliphatic heterocycles. The van der Waals surface area contributed by atoms with Crippen LogP contribution >= 0.6 is 0 Å². The highest BCUT2D eigenvalue weighted by Gasteiger charge is 2.36. The normalized spacial score (nSPS) is 17.0. The van der Waals surface area contributed by atoms with Gasteiger partial charge in [-0.1, -0.05) is 12.1 Å². The van der Waals surface area contributed by atoms with Crippen molar-refractivity contribution in [2.24, 2.45) is 5.73 Å². The molecule has 20 nitrogen and oxygen atoms in total. The van der Waals surface area contributed by atoms with Crippen molar-refractivity contribution in [3.05, 3.63) is 29.8 Å². The molecule has 12 N–H and O–H groups in total. The molecule has 0 radical (unpaired) electrons. The summed E-state index contributed by atoms with van der Waals surface area (Å²) in [5.74, 6) is -8.54. The molecular weight excluding hydrogens is 654 g/mol. The van der Waals surface area contributed by atoms with Crippen LogP contribution in [-0.2, 0) is 44.8 Å². The smallest absolute Gasteiger partial charge is 0.326 e. The number of rotatable bonds is 18. The van der Waals surface area contributed by atoms with Gasteiger partial charge in [-0.3, -0.25) is 33.6 Å². The number of hydrogen-bond acceptors (Lipinski definition) is 12. The van der Waals surface area contributed by atoms with Gasteiger partial charge < -0.3 is 62.8 Å². The maximum absolute atomic E-state index is 13.2. The highest BCUT2D eigenvalue weighted by atomic mass is 16.4. The van der Waals surface area contributed by atoms with Crippen molar-refractivity contribution in [3.63, 3.8) is 0 Å². The van der Waals surface area contributed by atoms with Crippen molar-refractivity contribution < 1.29 is 63.9 Å². The lowest BCUT2D eigenvalue weighted by Gasteiger charge is -2.26. The van der Waals surface area contributed by atoms with Gasteiger partial charge in [0.2, 0.25) is 35.4 Å². The lowest BCUT2D eigenvalue weighted by molar-refractivity contribution is -0.149. The Labute approximate surface area is 279 Å². The molecular formula is C29H41N7O13. The molecule has 1 aliphatic rings. The van der Waals surface area contributed by atoms with E-state index in [2.05, 4.69) is 21.3 Å². The quantitative estimate of drug-likeness (QED) is 0.0685. The first-order valence-corrected chi connectivity index (χ1v) is 15.1. The number of phenols is 1. The number of carboxylic acid groups (broad SMARTS) is 2. The van der Waals surface area contributed by atoms with Gasteiger partial charge in [-0.2, -0.15) is 0 Å². The van der Waals surface area contributed by atoms with E-state index in [1.807, 2.05) is 5.32 Å². The van der Waals surface area contributed by atoms with Crippen LogP contribution in [0.1, 0.15) is 31.7 Å². The maximum Gasteiger partial charge on any atom is 0.326 e. The Balaban J connectivity index is 2.12.